The molecule has 2 heterocycles. The van der Waals surface area contributed by atoms with E-state index in [1.165, 1.54) is 13.0 Å². The van der Waals surface area contributed by atoms with Gasteiger partial charge in [-0.15, -0.1) is 10.2 Å². The summed E-state index contributed by atoms with van der Waals surface area (Å²) in [5.41, 5.74) is 0.867. The maximum atomic E-state index is 14.1. The number of carbonyl (C=O) groups excluding carboxylic acids is 1. The van der Waals surface area contributed by atoms with E-state index >= 15 is 0 Å². The van der Waals surface area contributed by atoms with E-state index in [1.807, 2.05) is 6.07 Å². The molecule has 0 aliphatic carbocycles. The first-order valence-corrected chi connectivity index (χ1v) is 8.42. The fraction of sp³-hybridized carbons (Fsp3) is 0.500. The van der Waals surface area contributed by atoms with E-state index in [-0.39, 0.29) is 17.3 Å². The number of hydrogen-bond donors (Lipinski definition) is 0. The Hall–Kier alpha value is -2.24. The average molecular weight is 330 g/mol. The van der Waals surface area contributed by atoms with E-state index in [1.54, 1.807) is 12.4 Å². The van der Waals surface area contributed by atoms with Crippen LogP contribution in [0.5, 0.6) is 0 Å². The van der Waals surface area contributed by atoms with Crippen LogP contribution in [0.15, 0.2) is 24.5 Å². The molecule has 1 saturated heterocycles. The van der Waals surface area contributed by atoms with Gasteiger partial charge in [0.1, 0.15) is 18.0 Å². The predicted octanol–water partition coefficient (Wildman–Crippen LogP) is 3.58. The third-order valence-corrected chi connectivity index (χ3v) is 4.63. The van der Waals surface area contributed by atoms with Crippen molar-refractivity contribution in [1.29, 1.82) is 0 Å². The number of hydrogen-bond acceptors (Lipinski definition) is 4. The summed E-state index contributed by atoms with van der Waals surface area (Å²) >= 11 is 0. The summed E-state index contributed by atoms with van der Waals surface area (Å²) in [5.74, 6) is 0.505. The minimum atomic E-state index is -0.451. The number of Topliss-reactive ketones (excluding diaryl/α,β-unsaturated/α-hetero) is 1. The Bertz CT molecular complexity index is 740. The zero-order valence-corrected chi connectivity index (χ0v) is 14.4. The third-order valence-electron chi connectivity index (χ3n) is 4.63. The van der Waals surface area contributed by atoms with Crippen LogP contribution in [0.1, 0.15) is 61.8 Å². The van der Waals surface area contributed by atoms with Crippen LogP contribution in [0.4, 0.5) is 10.1 Å². The van der Waals surface area contributed by atoms with Crippen LogP contribution >= 0.6 is 0 Å². The highest BCUT2D eigenvalue weighted by molar-refractivity contribution is 6.00. The topological polar surface area (TPSA) is 51.0 Å². The van der Waals surface area contributed by atoms with E-state index in [9.17, 15) is 9.18 Å². The number of aromatic nitrogens is 3. The Morgan fingerprint density at radius 1 is 1.38 bits per heavy atom. The Balaban J connectivity index is 1.91. The zero-order valence-electron chi connectivity index (χ0n) is 14.4. The Morgan fingerprint density at radius 3 is 2.88 bits per heavy atom. The van der Waals surface area contributed by atoms with Crippen LogP contribution < -0.4 is 4.90 Å². The lowest BCUT2D eigenvalue weighted by Crippen LogP contribution is -2.36. The van der Waals surface area contributed by atoms with Crippen molar-refractivity contribution in [2.24, 2.45) is 0 Å². The lowest BCUT2D eigenvalue weighted by Gasteiger charge is -2.35. The summed E-state index contributed by atoms with van der Waals surface area (Å²) in [5, 5.41) is 8.37. The lowest BCUT2D eigenvalue weighted by molar-refractivity contribution is 0.101. The summed E-state index contributed by atoms with van der Waals surface area (Å²) in [6.07, 6.45) is 3.76. The van der Waals surface area contributed by atoms with Gasteiger partial charge in [0.15, 0.2) is 5.78 Å². The van der Waals surface area contributed by atoms with Crippen LogP contribution in [0.2, 0.25) is 0 Å². The zero-order chi connectivity index (χ0) is 17.3. The molecule has 24 heavy (non-hydrogen) atoms. The molecule has 1 aliphatic heterocycles. The highest BCUT2D eigenvalue weighted by Gasteiger charge is 2.28. The number of piperidine rings is 1. The fourth-order valence-electron chi connectivity index (χ4n) is 3.47. The molecule has 1 aromatic carbocycles. The van der Waals surface area contributed by atoms with Gasteiger partial charge in [-0.3, -0.25) is 4.79 Å². The number of anilines is 1. The van der Waals surface area contributed by atoms with Gasteiger partial charge in [-0.1, -0.05) is 6.07 Å². The monoisotopic (exact) mass is 330 g/mol. The van der Waals surface area contributed by atoms with Gasteiger partial charge in [0.05, 0.1) is 11.3 Å². The summed E-state index contributed by atoms with van der Waals surface area (Å²) in [4.78, 5) is 14.0. The molecule has 2 aromatic rings. The summed E-state index contributed by atoms with van der Waals surface area (Å²) in [6, 6.07) is 5.14. The smallest absolute Gasteiger partial charge is 0.164 e. The van der Waals surface area contributed by atoms with Crippen LogP contribution in [0, 0.1) is 5.82 Å². The van der Waals surface area contributed by atoms with E-state index in [2.05, 4.69) is 33.5 Å². The molecule has 1 fully saturated rings. The van der Waals surface area contributed by atoms with Crippen molar-refractivity contribution in [3.05, 3.63) is 41.7 Å². The molecule has 0 N–H and O–H groups in total. The van der Waals surface area contributed by atoms with E-state index < -0.39 is 5.82 Å². The molecular weight excluding hydrogens is 307 g/mol. The second-order valence-electron chi connectivity index (χ2n) is 6.67. The van der Waals surface area contributed by atoms with Crippen molar-refractivity contribution in [2.45, 2.75) is 45.6 Å². The largest absolute Gasteiger partial charge is 0.370 e. The van der Waals surface area contributed by atoms with Gasteiger partial charge in [-0.2, -0.15) is 0 Å². The van der Waals surface area contributed by atoms with Crippen molar-refractivity contribution >= 4 is 11.5 Å². The molecule has 1 aromatic heterocycles. The fourth-order valence-corrected chi connectivity index (χ4v) is 3.47. The second-order valence-corrected chi connectivity index (χ2v) is 6.67. The van der Waals surface area contributed by atoms with Gasteiger partial charge in [0.25, 0.3) is 0 Å². The van der Waals surface area contributed by atoms with Crippen molar-refractivity contribution in [1.82, 2.24) is 14.8 Å². The minimum absolute atomic E-state index is 0.184. The standard InChI is InChI=1S/C18H23FN4O/c1-12(2)23-11-20-21-18(23)14-6-5-9-22(10-14)16-8-4-7-15(19)17(16)13(3)24/h4,7-8,11-12,14H,5-6,9-10H2,1-3H3. The molecule has 3 rings (SSSR count). The van der Waals surface area contributed by atoms with Crippen molar-refractivity contribution < 1.29 is 9.18 Å². The number of carbonyl (C=O) groups is 1. The quantitative estimate of drug-likeness (QED) is 0.804. The van der Waals surface area contributed by atoms with Crippen LogP contribution in [-0.2, 0) is 0 Å². The average Bonchev–Trinajstić information content (AvgIpc) is 3.04. The first-order chi connectivity index (χ1) is 11.5. The molecule has 1 atom stereocenters. The Labute approximate surface area is 141 Å². The summed E-state index contributed by atoms with van der Waals surface area (Å²) in [7, 11) is 0. The van der Waals surface area contributed by atoms with Gasteiger partial charge >= 0.3 is 0 Å². The van der Waals surface area contributed by atoms with Crippen LogP contribution in [0.25, 0.3) is 0 Å². The van der Waals surface area contributed by atoms with E-state index in [4.69, 9.17) is 0 Å². The summed E-state index contributed by atoms with van der Waals surface area (Å²) in [6.45, 7) is 7.16. The Kier molecular flexibility index (Phi) is 4.64. The molecular formula is C18H23FN4O. The van der Waals surface area contributed by atoms with Crippen molar-refractivity contribution in [2.75, 3.05) is 18.0 Å². The molecule has 0 saturated carbocycles. The highest BCUT2D eigenvalue weighted by Crippen LogP contribution is 2.32. The maximum Gasteiger partial charge on any atom is 0.164 e. The number of benzene rings is 1. The summed E-state index contributed by atoms with van der Waals surface area (Å²) < 4.78 is 16.2. The van der Waals surface area contributed by atoms with E-state index in [0.717, 1.165) is 31.8 Å². The molecule has 0 amide bonds. The minimum Gasteiger partial charge on any atom is -0.370 e. The Morgan fingerprint density at radius 2 is 2.17 bits per heavy atom. The number of ketones is 1. The molecule has 6 heteroatoms. The number of nitrogens with zero attached hydrogens (tertiary/aromatic N) is 4. The second kappa shape index (κ2) is 6.71. The maximum absolute atomic E-state index is 14.1. The van der Waals surface area contributed by atoms with E-state index in [0.29, 0.717) is 11.7 Å². The number of halogens is 1. The normalized spacial score (nSPS) is 18.2. The van der Waals surface area contributed by atoms with Gasteiger partial charge in [0, 0.05) is 25.0 Å². The first kappa shape index (κ1) is 16.6. The van der Waals surface area contributed by atoms with Gasteiger partial charge in [0.2, 0.25) is 0 Å². The molecule has 0 spiro atoms. The molecule has 5 nitrogen and oxygen atoms in total. The lowest BCUT2D eigenvalue weighted by atomic mass is 9.95. The molecule has 0 radical (unpaired) electrons. The molecule has 0 bridgehead atoms. The van der Waals surface area contributed by atoms with Gasteiger partial charge < -0.3 is 9.47 Å². The van der Waals surface area contributed by atoms with Crippen molar-refractivity contribution in [3.8, 4) is 0 Å². The first-order valence-electron chi connectivity index (χ1n) is 8.42. The highest BCUT2D eigenvalue weighted by atomic mass is 19.1. The number of rotatable bonds is 4. The van der Waals surface area contributed by atoms with Crippen molar-refractivity contribution in [3.63, 3.8) is 0 Å². The molecule has 1 unspecified atom stereocenters. The SMILES string of the molecule is CC(=O)c1c(F)cccc1N1CCCC(c2nncn2C(C)C)C1. The molecule has 128 valence electrons. The predicted molar refractivity (Wildman–Crippen MR) is 91.0 cm³/mol. The van der Waals surface area contributed by atoms with Gasteiger partial charge in [-0.25, -0.2) is 4.39 Å². The van der Waals surface area contributed by atoms with Crippen LogP contribution in [-0.4, -0.2) is 33.6 Å². The third kappa shape index (κ3) is 3.05. The molecule has 1 aliphatic rings. The van der Waals surface area contributed by atoms with Crippen LogP contribution in [0.3, 0.4) is 0 Å². The van der Waals surface area contributed by atoms with Gasteiger partial charge in [-0.05, 0) is 45.7 Å².